The molecule has 26 heavy (non-hydrogen) atoms. The van der Waals surface area contributed by atoms with Gasteiger partial charge in [0, 0.05) is 17.4 Å². The van der Waals surface area contributed by atoms with Gasteiger partial charge in [-0.05, 0) is 57.1 Å². The third-order valence-electron chi connectivity index (χ3n) is 6.82. The Balaban J connectivity index is 1.87. The van der Waals surface area contributed by atoms with E-state index in [-0.39, 0.29) is 11.0 Å². The monoisotopic (exact) mass is 354 g/mol. The molecule has 144 valence electrons. The second kappa shape index (κ2) is 7.41. The third-order valence-corrected chi connectivity index (χ3v) is 6.82. The predicted molar refractivity (Wildman–Crippen MR) is 112 cm³/mol. The highest BCUT2D eigenvalue weighted by molar-refractivity contribution is 5.47. The summed E-state index contributed by atoms with van der Waals surface area (Å²) in [6, 6.07) is 7.08. The lowest BCUT2D eigenvalue weighted by Gasteiger charge is -2.46. The van der Waals surface area contributed by atoms with Crippen molar-refractivity contribution < 1.29 is 4.74 Å². The molecule has 1 aliphatic heterocycles. The number of rotatable bonds is 6. The molecule has 0 saturated carbocycles. The van der Waals surface area contributed by atoms with Crippen molar-refractivity contribution in [2.24, 2.45) is 5.92 Å². The Kier molecular flexibility index (Phi) is 5.56. The second-order valence-corrected chi connectivity index (χ2v) is 9.84. The van der Waals surface area contributed by atoms with Crippen molar-refractivity contribution in [1.82, 2.24) is 0 Å². The van der Waals surface area contributed by atoms with Crippen LogP contribution in [0, 0.1) is 5.92 Å². The van der Waals surface area contributed by atoms with Crippen molar-refractivity contribution in [2.75, 3.05) is 0 Å². The molecule has 1 aromatic rings. The Morgan fingerprint density at radius 1 is 1.15 bits per heavy atom. The average molecular weight is 355 g/mol. The summed E-state index contributed by atoms with van der Waals surface area (Å²) in [6.07, 6.45) is 11.5. The van der Waals surface area contributed by atoms with Crippen LogP contribution in [0.3, 0.4) is 0 Å². The van der Waals surface area contributed by atoms with Crippen LogP contribution < -0.4 is 4.74 Å². The Labute approximate surface area is 161 Å². The van der Waals surface area contributed by atoms with Gasteiger partial charge in [-0.3, -0.25) is 0 Å². The van der Waals surface area contributed by atoms with E-state index in [4.69, 9.17) is 4.74 Å². The standard InChI is InChI=1S/C25H38O/c1-7-8-9-10-15-24(3,4)19-12-13-20-21-16-18(2)11-14-22(21)25(5,6)26-23(20)17-19/h12-13,16-17,21-22H,7-11,14-15H2,1-6H3/t21-,22+/m1/s1. The molecule has 1 aliphatic carbocycles. The number of fused-ring (bicyclic) bond motifs is 3. The van der Waals surface area contributed by atoms with Crippen LogP contribution in [0.4, 0.5) is 0 Å². The maximum Gasteiger partial charge on any atom is 0.124 e. The van der Waals surface area contributed by atoms with Gasteiger partial charge < -0.3 is 4.74 Å². The van der Waals surface area contributed by atoms with Crippen molar-refractivity contribution in [3.8, 4) is 5.75 Å². The van der Waals surface area contributed by atoms with Crippen LogP contribution in [-0.4, -0.2) is 5.60 Å². The summed E-state index contributed by atoms with van der Waals surface area (Å²) < 4.78 is 6.57. The topological polar surface area (TPSA) is 9.23 Å². The number of benzene rings is 1. The molecule has 1 aromatic carbocycles. The molecular formula is C25H38O. The first kappa shape index (κ1) is 19.5. The van der Waals surface area contributed by atoms with Gasteiger partial charge in [0.1, 0.15) is 11.4 Å². The quantitative estimate of drug-likeness (QED) is 0.378. The molecule has 2 aliphatic rings. The van der Waals surface area contributed by atoms with E-state index >= 15 is 0 Å². The number of unbranched alkanes of at least 4 members (excludes halogenated alkanes) is 3. The largest absolute Gasteiger partial charge is 0.487 e. The zero-order valence-electron chi connectivity index (χ0n) is 17.8. The minimum atomic E-state index is -0.0846. The molecule has 0 fully saturated rings. The van der Waals surface area contributed by atoms with Crippen molar-refractivity contribution >= 4 is 0 Å². The van der Waals surface area contributed by atoms with E-state index in [1.807, 2.05) is 0 Å². The molecule has 0 aromatic heterocycles. The normalized spacial score (nSPS) is 24.3. The van der Waals surface area contributed by atoms with Gasteiger partial charge in [0.25, 0.3) is 0 Å². The molecule has 0 radical (unpaired) electrons. The molecule has 0 amide bonds. The van der Waals surface area contributed by atoms with Gasteiger partial charge in [-0.15, -0.1) is 0 Å². The fourth-order valence-corrected chi connectivity index (χ4v) is 4.97. The van der Waals surface area contributed by atoms with Gasteiger partial charge in [-0.2, -0.15) is 0 Å². The van der Waals surface area contributed by atoms with E-state index in [0.29, 0.717) is 11.8 Å². The van der Waals surface area contributed by atoms with Crippen LogP contribution in [0.5, 0.6) is 5.75 Å². The molecule has 0 N–H and O–H groups in total. The fraction of sp³-hybridized carbons (Fsp3) is 0.680. The Morgan fingerprint density at radius 3 is 2.65 bits per heavy atom. The van der Waals surface area contributed by atoms with Crippen molar-refractivity contribution in [1.29, 1.82) is 0 Å². The van der Waals surface area contributed by atoms with Gasteiger partial charge in [-0.1, -0.05) is 70.2 Å². The van der Waals surface area contributed by atoms with Crippen LogP contribution >= 0.6 is 0 Å². The van der Waals surface area contributed by atoms with Crippen LogP contribution in [0.2, 0.25) is 0 Å². The Morgan fingerprint density at radius 2 is 1.92 bits per heavy atom. The molecule has 0 bridgehead atoms. The average Bonchev–Trinajstić information content (AvgIpc) is 2.57. The van der Waals surface area contributed by atoms with Gasteiger partial charge in [0.2, 0.25) is 0 Å². The molecule has 1 heteroatoms. The van der Waals surface area contributed by atoms with Crippen LogP contribution in [0.25, 0.3) is 0 Å². The predicted octanol–water partition coefficient (Wildman–Crippen LogP) is 7.55. The van der Waals surface area contributed by atoms with Gasteiger partial charge >= 0.3 is 0 Å². The summed E-state index contributed by atoms with van der Waals surface area (Å²) in [6.45, 7) is 13.9. The molecule has 0 unspecified atom stereocenters. The third kappa shape index (κ3) is 3.87. The minimum absolute atomic E-state index is 0.0846. The second-order valence-electron chi connectivity index (χ2n) is 9.84. The highest BCUT2D eigenvalue weighted by Crippen LogP contribution is 2.51. The van der Waals surface area contributed by atoms with E-state index in [1.54, 1.807) is 0 Å². The number of allylic oxidation sites excluding steroid dienone is 2. The zero-order valence-corrected chi connectivity index (χ0v) is 17.8. The van der Waals surface area contributed by atoms with Crippen LogP contribution in [-0.2, 0) is 5.41 Å². The molecule has 1 heterocycles. The maximum absolute atomic E-state index is 6.57. The van der Waals surface area contributed by atoms with Gasteiger partial charge in [0.15, 0.2) is 0 Å². The molecule has 1 nitrogen and oxygen atoms in total. The minimum Gasteiger partial charge on any atom is -0.487 e. The number of hydrogen-bond acceptors (Lipinski definition) is 1. The van der Waals surface area contributed by atoms with Crippen LogP contribution in [0.1, 0.15) is 104 Å². The molecule has 0 spiro atoms. The summed E-state index contributed by atoms with van der Waals surface area (Å²) in [7, 11) is 0. The molecular weight excluding hydrogens is 316 g/mol. The summed E-state index contributed by atoms with van der Waals surface area (Å²) in [5.41, 5.74) is 4.50. The number of hydrogen-bond donors (Lipinski definition) is 0. The van der Waals surface area contributed by atoms with E-state index in [0.717, 1.165) is 5.75 Å². The van der Waals surface area contributed by atoms with Crippen molar-refractivity contribution in [3.63, 3.8) is 0 Å². The van der Waals surface area contributed by atoms with Gasteiger partial charge in [0.05, 0.1) is 0 Å². The highest BCUT2D eigenvalue weighted by Gasteiger charge is 2.44. The zero-order chi connectivity index (χ0) is 18.9. The molecule has 0 saturated heterocycles. The van der Waals surface area contributed by atoms with E-state index < -0.39 is 0 Å². The summed E-state index contributed by atoms with van der Waals surface area (Å²) in [4.78, 5) is 0. The first-order valence-corrected chi connectivity index (χ1v) is 10.8. The Bertz CT molecular complexity index is 665. The summed E-state index contributed by atoms with van der Waals surface area (Å²) in [5.74, 6) is 2.23. The van der Waals surface area contributed by atoms with Gasteiger partial charge in [-0.25, -0.2) is 0 Å². The first-order chi connectivity index (χ1) is 12.2. The number of ether oxygens (including phenoxy) is 1. The maximum atomic E-state index is 6.57. The Hall–Kier alpha value is -1.24. The lowest BCUT2D eigenvalue weighted by molar-refractivity contribution is 0.0115. The van der Waals surface area contributed by atoms with E-state index in [2.05, 4.69) is 65.8 Å². The summed E-state index contributed by atoms with van der Waals surface area (Å²) >= 11 is 0. The smallest absolute Gasteiger partial charge is 0.124 e. The lowest BCUT2D eigenvalue weighted by Crippen LogP contribution is -2.45. The van der Waals surface area contributed by atoms with Crippen LogP contribution in [0.15, 0.2) is 29.8 Å². The first-order valence-electron chi connectivity index (χ1n) is 10.8. The molecule has 2 atom stereocenters. The SMILES string of the molecule is CCCCCCC(C)(C)c1ccc2c(c1)OC(C)(C)[C@H]1CCC(C)=C[C@H]21. The van der Waals surface area contributed by atoms with Crippen molar-refractivity contribution in [3.05, 3.63) is 41.0 Å². The van der Waals surface area contributed by atoms with E-state index in [9.17, 15) is 0 Å². The van der Waals surface area contributed by atoms with E-state index in [1.165, 1.54) is 61.6 Å². The highest BCUT2D eigenvalue weighted by atomic mass is 16.5. The van der Waals surface area contributed by atoms with Crippen molar-refractivity contribution in [2.45, 2.75) is 103 Å². The fourth-order valence-electron chi connectivity index (χ4n) is 4.97. The molecule has 3 rings (SSSR count). The summed E-state index contributed by atoms with van der Waals surface area (Å²) in [5, 5.41) is 0. The lowest BCUT2D eigenvalue weighted by atomic mass is 9.67.